The normalized spacial score (nSPS) is 24.0. The summed E-state index contributed by atoms with van der Waals surface area (Å²) in [6.07, 6.45) is 1.09. The van der Waals surface area contributed by atoms with E-state index in [9.17, 15) is 13.2 Å². The summed E-state index contributed by atoms with van der Waals surface area (Å²) in [4.78, 5) is 13.7. The number of carboxylic acid groups (broad SMARTS) is 1. The van der Waals surface area contributed by atoms with Crippen LogP contribution in [-0.4, -0.2) is 55.4 Å². The highest BCUT2D eigenvalue weighted by Crippen LogP contribution is 2.31. The lowest BCUT2D eigenvalue weighted by Crippen LogP contribution is -2.50. The zero-order valence-electron chi connectivity index (χ0n) is 16.0. The van der Waals surface area contributed by atoms with Gasteiger partial charge in [-0.25, -0.2) is 13.2 Å². The van der Waals surface area contributed by atoms with Gasteiger partial charge < -0.3 is 15.3 Å². The second-order valence-corrected chi connectivity index (χ2v) is 9.67. The van der Waals surface area contributed by atoms with Crippen molar-refractivity contribution in [2.45, 2.75) is 63.1 Å². The quantitative estimate of drug-likeness (QED) is 0.790. The summed E-state index contributed by atoms with van der Waals surface area (Å²) >= 11 is 0. The minimum Gasteiger partial charge on any atom is -0.465 e. The molecule has 146 valence electrons. The molecule has 1 aromatic rings. The van der Waals surface area contributed by atoms with Crippen LogP contribution in [0, 0.1) is 12.8 Å². The zero-order valence-corrected chi connectivity index (χ0v) is 16.8. The molecule has 1 saturated carbocycles. The maximum Gasteiger partial charge on any atom is 0.404 e. The van der Waals surface area contributed by atoms with Gasteiger partial charge in [0.1, 0.15) is 0 Å². The number of benzene rings is 1. The van der Waals surface area contributed by atoms with E-state index in [1.165, 1.54) is 0 Å². The third kappa shape index (κ3) is 5.20. The third-order valence-corrected chi connectivity index (χ3v) is 7.33. The van der Waals surface area contributed by atoms with Gasteiger partial charge in [-0.05, 0) is 65.1 Å². The predicted molar refractivity (Wildman–Crippen MR) is 102 cm³/mol. The van der Waals surface area contributed by atoms with Crippen LogP contribution in [-0.2, 0) is 9.84 Å². The van der Waals surface area contributed by atoms with Crippen LogP contribution in [0.25, 0.3) is 0 Å². The molecule has 1 aromatic carbocycles. The van der Waals surface area contributed by atoms with Crippen molar-refractivity contribution in [2.75, 3.05) is 12.8 Å². The monoisotopic (exact) mass is 382 g/mol. The number of carbonyl (C=O) groups is 1. The van der Waals surface area contributed by atoms with Gasteiger partial charge >= 0.3 is 6.09 Å². The summed E-state index contributed by atoms with van der Waals surface area (Å²) in [5, 5.41) is 11.7. The fourth-order valence-corrected chi connectivity index (χ4v) is 5.36. The summed E-state index contributed by atoms with van der Waals surface area (Å²) in [6.45, 7) is 6.13. The zero-order chi connectivity index (χ0) is 19.5. The number of rotatable bonds is 6. The number of hydrogen-bond donors (Lipinski definition) is 2. The highest BCUT2D eigenvalue weighted by Gasteiger charge is 2.36. The molecule has 1 fully saturated rings. The van der Waals surface area contributed by atoms with Crippen LogP contribution in [0.5, 0.6) is 0 Å². The number of nitrogens with zero attached hydrogens (tertiary/aromatic N) is 1. The van der Waals surface area contributed by atoms with Crippen molar-refractivity contribution in [3.05, 3.63) is 29.8 Å². The Balaban J connectivity index is 2.21. The lowest BCUT2D eigenvalue weighted by molar-refractivity contribution is 0.112. The van der Waals surface area contributed by atoms with Crippen molar-refractivity contribution in [2.24, 2.45) is 5.92 Å². The molecule has 0 radical (unpaired) electrons. The maximum atomic E-state index is 12.9. The van der Waals surface area contributed by atoms with E-state index in [0.717, 1.165) is 12.0 Å². The van der Waals surface area contributed by atoms with Crippen LogP contribution in [0.4, 0.5) is 4.79 Å². The van der Waals surface area contributed by atoms with Crippen LogP contribution in [0.2, 0.25) is 0 Å². The Morgan fingerprint density at radius 1 is 1.27 bits per heavy atom. The van der Waals surface area contributed by atoms with E-state index in [4.69, 9.17) is 5.11 Å². The molecule has 6 nitrogen and oxygen atoms in total. The van der Waals surface area contributed by atoms with Crippen LogP contribution >= 0.6 is 0 Å². The molecule has 0 spiro atoms. The van der Waals surface area contributed by atoms with E-state index in [2.05, 4.69) is 24.1 Å². The molecule has 0 heterocycles. The van der Waals surface area contributed by atoms with Gasteiger partial charge in [-0.3, -0.25) is 0 Å². The molecule has 2 rings (SSSR count). The summed E-state index contributed by atoms with van der Waals surface area (Å²) in [5.41, 5.74) is 1.01. The molecule has 0 saturated heterocycles. The van der Waals surface area contributed by atoms with Gasteiger partial charge in [-0.15, -0.1) is 0 Å². The fourth-order valence-electron chi connectivity index (χ4n) is 3.69. The maximum absolute atomic E-state index is 12.9. The second kappa shape index (κ2) is 8.39. The molecule has 7 heteroatoms. The fraction of sp³-hybridized carbons (Fsp3) is 0.632. The molecule has 3 unspecified atom stereocenters. The lowest BCUT2D eigenvalue weighted by atomic mass is 9.81. The summed E-state index contributed by atoms with van der Waals surface area (Å²) in [6, 6.07) is 7.13. The first kappa shape index (κ1) is 20.7. The van der Waals surface area contributed by atoms with Crippen molar-refractivity contribution in [1.82, 2.24) is 10.2 Å². The molecule has 0 bridgehead atoms. The molecule has 1 aliphatic rings. The largest absolute Gasteiger partial charge is 0.465 e. The predicted octanol–water partition coefficient (Wildman–Crippen LogP) is 2.91. The van der Waals surface area contributed by atoms with E-state index in [1.54, 1.807) is 24.3 Å². The summed E-state index contributed by atoms with van der Waals surface area (Å²) in [5.74, 6) is -0.277. The molecule has 1 amide bonds. The Bertz CT molecular complexity index is 716. The Morgan fingerprint density at radius 3 is 2.42 bits per heavy atom. The van der Waals surface area contributed by atoms with Crippen molar-refractivity contribution in [3.8, 4) is 0 Å². The van der Waals surface area contributed by atoms with Gasteiger partial charge in [0.25, 0.3) is 0 Å². The molecular weight excluding hydrogens is 352 g/mol. The standard InChI is InChI=1S/C19H30N2O4S/c1-13(2)21(4)16-7-10-18(20-19(22)23)15(11-16)12-26(24,25)17-8-5-14(3)6-9-17/h5-6,8-9,13,15-16,18,20H,7,10-12H2,1-4H3,(H,22,23). The highest BCUT2D eigenvalue weighted by molar-refractivity contribution is 7.91. The van der Waals surface area contributed by atoms with E-state index in [1.807, 2.05) is 14.0 Å². The average Bonchev–Trinajstić information content (AvgIpc) is 2.55. The summed E-state index contributed by atoms with van der Waals surface area (Å²) < 4.78 is 25.7. The average molecular weight is 383 g/mol. The van der Waals surface area contributed by atoms with E-state index in [-0.39, 0.29) is 23.8 Å². The number of sulfone groups is 1. The van der Waals surface area contributed by atoms with Gasteiger partial charge in [0.15, 0.2) is 9.84 Å². The highest BCUT2D eigenvalue weighted by atomic mass is 32.2. The Hall–Kier alpha value is -1.60. The van der Waals surface area contributed by atoms with Crippen molar-refractivity contribution >= 4 is 15.9 Å². The third-order valence-electron chi connectivity index (χ3n) is 5.47. The second-order valence-electron chi connectivity index (χ2n) is 7.64. The minimum atomic E-state index is -3.47. The Morgan fingerprint density at radius 2 is 1.88 bits per heavy atom. The minimum absolute atomic E-state index is 0.0383. The van der Waals surface area contributed by atoms with Crippen LogP contribution < -0.4 is 5.32 Å². The molecule has 0 aromatic heterocycles. The summed E-state index contributed by atoms with van der Waals surface area (Å²) in [7, 11) is -1.42. The van der Waals surface area contributed by atoms with Gasteiger partial charge in [0.2, 0.25) is 0 Å². The van der Waals surface area contributed by atoms with Gasteiger partial charge in [-0.1, -0.05) is 17.7 Å². The topological polar surface area (TPSA) is 86.7 Å². The van der Waals surface area contributed by atoms with Crippen molar-refractivity contribution in [3.63, 3.8) is 0 Å². The lowest BCUT2D eigenvalue weighted by Gasteiger charge is -2.41. The Kier molecular flexibility index (Phi) is 6.69. The van der Waals surface area contributed by atoms with E-state index >= 15 is 0 Å². The van der Waals surface area contributed by atoms with Gasteiger partial charge in [0, 0.05) is 18.1 Å². The molecule has 0 aliphatic heterocycles. The van der Waals surface area contributed by atoms with Crippen LogP contribution in [0.1, 0.15) is 38.7 Å². The molecule has 26 heavy (non-hydrogen) atoms. The molecule has 3 atom stereocenters. The smallest absolute Gasteiger partial charge is 0.404 e. The number of hydrogen-bond acceptors (Lipinski definition) is 4. The first-order valence-electron chi connectivity index (χ1n) is 9.11. The Labute approximate surface area is 156 Å². The van der Waals surface area contributed by atoms with Gasteiger partial charge in [-0.2, -0.15) is 0 Å². The van der Waals surface area contributed by atoms with E-state index in [0.29, 0.717) is 23.8 Å². The SMILES string of the molecule is Cc1ccc(S(=O)(=O)CC2CC(N(C)C(C)C)CCC2NC(=O)O)cc1. The van der Waals surface area contributed by atoms with E-state index < -0.39 is 15.9 Å². The molecule has 1 aliphatic carbocycles. The first-order valence-corrected chi connectivity index (χ1v) is 10.8. The number of aryl methyl sites for hydroxylation is 1. The van der Waals surface area contributed by atoms with Crippen molar-refractivity contribution < 1.29 is 18.3 Å². The number of nitrogens with one attached hydrogen (secondary N) is 1. The van der Waals surface area contributed by atoms with Gasteiger partial charge in [0.05, 0.1) is 10.6 Å². The number of amides is 1. The first-order chi connectivity index (χ1) is 12.1. The van der Waals surface area contributed by atoms with Crippen LogP contribution in [0.15, 0.2) is 29.2 Å². The molecule has 2 N–H and O–H groups in total. The van der Waals surface area contributed by atoms with Crippen LogP contribution in [0.3, 0.4) is 0 Å². The van der Waals surface area contributed by atoms with Crippen molar-refractivity contribution in [1.29, 1.82) is 0 Å². The molecular formula is C19H30N2O4S.